The van der Waals surface area contributed by atoms with Gasteiger partial charge < -0.3 is 4.98 Å². The summed E-state index contributed by atoms with van der Waals surface area (Å²) in [5, 5.41) is 1.48. The van der Waals surface area contributed by atoms with Crippen molar-refractivity contribution in [3.8, 4) is 0 Å². The molecular weight excluding hydrogens is 202 g/mol. The van der Waals surface area contributed by atoms with Crippen LogP contribution in [0.2, 0.25) is 0 Å². The highest BCUT2D eigenvalue weighted by molar-refractivity contribution is 5.90. The van der Waals surface area contributed by atoms with Crippen molar-refractivity contribution in [2.45, 2.75) is 6.92 Å². The summed E-state index contributed by atoms with van der Waals surface area (Å²) in [7, 11) is 0. The number of aromatic nitrogens is 3. The van der Waals surface area contributed by atoms with Crippen LogP contribution in [0.25, 0.3) is 21.9 Å². The molecule has 2 aromatic heterocycles. The molecule has 0 saturated carbocycles. The van der Waals surface area contributed by atoms with Crippen LogP contribution in [0.15, 0.2) is 35.1 Å². The van der Waals surface area contributed by atoms with Gasteiger partial charge in [-0.3, -0.25) is 4.79 Å². The molecule has 4 nitrogen and oxygen atoms in total. The minimum Gasteiger partial charge on any atom is -0.310 e. The number of hydrogen-bond donors (Lipinski definition) is 1. The smallest absolute Gasteiger partial charge is 0.260 e. The second kappa shape index (κ2) is 3.13. The van der Waals surface area contributed by atoms with Gasteiger partial charge in [0.05, 0.1) is 10.9 Å². The Hall–Kier alpha value is -2.23. The summed E-state index contributed by atoms with van der Waals surface area (Å²) in [4.78, 5) is 23.0. The van der Waals surface area contributed by atoms with Crippen molar-refractivity contribution in [1.29, 1.82) is 0 Å². The zero-order valence-corrected chi connectivity index (χ0v) is 8.69. The number of hydrogen-bond acceptors (Lipinski definition) is 3. The van der Waals surface area contributed by atoms with E-state index in [1.165, 1.54) is 0 Å². The van der Waals surface area contributed by atoms with Gasteiger partial charge in [-0.25, -0.2) is 9.97 Å². The zero-order chi connectivity index (χ0) is 11.1. The van der Waals surface area contributed by atoms with E-state index in [4.69, 9.17) is 0 Å². The Morgan fingerprint density at radius 1 is 1.19 bits per heavy atom. The van der Waals surface area contributed by atoms with Crippen LogP contribution in [0.4, 0.5) is 0 Å². The molecule has 2 heterocycles. The quantitative estimate of drug-likeness (QED) is 0.576. The molecule has 0 fully saturated rings. The van der Waals surface area contributed by atoms with E-state index in [9.17, 15) is 4.79 Å². The molecule has 0 atom stereocenters. The Labute approximate surface area is 91.0 Å². The molecule has 0 saturated heterocycles. The molecule has 78 valence electrons. The highest BCUT2D eigenvalue weighted by atomic mass is 16.1. The number of aryl methyl sites for hydroxylation is 1. The fraction of sp³-hybridized carbons (Fsp3) is 0.0833. The Balaban J connectivity index is 2.56. The summed E-state index contributed by atoms with van der Waals surface area (Å²) in [5.41, 5.74) is 1.22. The number of nitrogens with zero attached hydrogens (tertiary/aromatic N) is 2. The zero-order valence-electron chi connectivity index (χ0n) is 8.69. The van der Waals surface area contributed by atoms with E-state index in [-0.39, 0.29) is 5.56 Å². The third-order valence-corrected chi connectivity index (χ3v) is 2.52. The number of pyridine rings is 1. The highest BCUT2D eigenvalue weighted by Gasteiger charge is 2.04. The summed E-state index contributed by atoms with van der Waals surface area (Å²) in [6.45, 7) is 1.75. The Bertz CT molecular complexity index is 746. The van der Waals surface area contributed by atoms with E-state index in [1.807, 2.05) is 30.3 Å². The molecule has 0 aliphatic carbocycles. The van der Waals surface area contributed by atoms with Gasteiger partial charge in [-0.05, 0) is 19.1 Å². The van der Waals surface area contributed by atoms with Crippen molar-refractivity contribution in [3.05, 3.63) is 46.5 Å². The van der Waals surface area contributed by atoms with Crippen molar-refractivity contribution >= 4 is 21.9 Å². The maximum absolute atomic E-state index is 11.7. The van der Waals surface area contributed by atoms with Gasteiger partial charge in [-0.1, -0.05) is 18.2 Å². The third kappa shape index (κ3) is 1.27. The van der Waals surface area contributed by atoms with Crippen LogP contribution in [-0.4, -0.2) is 15.0 Å². The van der Waals surface area contributed by atoms with Crippen molar-refractivity contribution in [2.24, 2.45) is 0 Å². The summed E-state index contributed by atoms with van der Waals surface area (Å²) in [6, 6.07) is 9.50. The van der Waals surface area contributed by atoms with Gasteiger partial charge in [0.15, 0.2) is 5.65 Å². The molecule has 1 N–H and O–H groups in total. The van der Waals surface area contributed by atoms with E-state index >= 15 is 0 Å². The summed E-state index contributed by atoms with van der Waals surface area (Å²) < 4.78 is 0. The molecular formula is C12H9N3O. The first kappa shape index (κ1) is 9.03. The second-order valence-corrected chi connectivity index (χ2v) is 3.70. The second-order valence-electron chi connectivity index (χ2n) is 3.70. The lowest BCUT2D eigenvalue weighted by atomic mass is 10.2. The van der Waals surface area contributed by atoms with Crippen LogP contribution >= 0.6 is 0 Å². The molecule has 0 radical (unpaired) electrons. The fourth-order valence-corrected chi connectivity index (χ4v) is 1.78. The van der Waals surface area contributed by atoms with Gasteiger partial charge >= 0.3 is 0 Å². The van der Waals surface area contributed by atoms with Crippen LogP contribution < -0.4 is 5.56 Å². The van der Waals surface area contributed by atoms with Gasteiger partial charge in [-0.15, -0.1) is 0 Å². The molecule has 3 rings (SSSR count). The van der Waals surface area contributed by atoms with Gasteiger partial charge in [0, 0.05) is 5.39 Å². The Morgan fingerprint density at radius 3 is 2.88 bits per heavy atom. The predicted molar refractivity (Wildman–Crippen MR) is 62.4 cm³/mol. The highest BCUT2D eigenvalue weighted by Crippen LogP contribution is 2.15. The first-order chi connectivity index (χ1) is 7.74. The number of aromatic amines is 1. The topological polar surface area (TPSA) is 58.6 Å². The number of rotatable bonds is 0. The normalized spacial score (nSPS) is 11.1. The minimum atomic E-state index is -0.138. The number of para-hydroxylation sites is 1. The lowest BCUT2D eigenvalue weighted by Crippen LogP contribution is -2.10. The van der Waals surface area contributed by atoms with E-state index in [0.29, 0.717) is 16.9 Å². The fourth-order valence-electron chi connectivity index (χ4n) is 1.78. The van der Waals surface area contributed by atoms with Crippen molar-refractivity contribution in [1.82, 2.24) is 15.0 Å². The standard InChI is InChI=1S/C12H9N3O/c1-7-13-11-9(12(16)14-7)6-8-4-2-3-5-10(8)15-11/h2-6H,1H3,(H,13,14,15,16). The van der Waals surface area contributed by atoms with E-state index < -0.39 is 0 Å². The number of nitrogens with one attached hydrogen (secondary N) is 1. The molecule has 1 aromatic carbocycles. The molecule has 3 aromatic rings. The van der Waals surface area contributed by atoms with Crippen LogP contribution in [0.5, 0.6) is 0 Å². The molecule has 0 aliphatic heterocycles. The Morgan fingerprint density at radius 2 is 2.00 bits per heavy atom. The molecule has 0 bridgehead atoms. The maximum atomic E-state index is 11.7. The average molecular weight is 211 g/mol. The van der Waals surface area contributed by atoms with Gasteiger partial charge in [-0.2, -0.15) is 0 Å². The third-order valence-electron chi connectivity index (χ3n) is 2.52. The Kier molecular flexibility index (Phi) is 1.77. The maximum Gasteiger partial charge on any atom is 0.260 e. The number of H-pyrrole nitrogens is 1. The molecule has 0 unspecified atom stereocenters. The number of fused-ring (bicyclic) bond motifs is 2. The van der Waals surface area contributed by atoms with Crippen molar-refractivity contribution in [2.75, 3.05) is 0 Å². The monoisotopic (exact) mass is 211 g/mol. The number of benzene rings is 1. The van der Waals surface area contributed by atoms with Crippen LogP contribution in [0, 0.1) is 6.92 Å². The molecule has 0 amide bonds. The van der Waals surface area contributed by atoms with Gasteiger partial charge in [0.1, 0.15) is 5.82 Å². The van der Waals surface area contributed by atoms with Crippen LogP contribution in [0.1, 0.15) is 5.82 Å². The lowest BCUT2D eigenvalue weighted by Gasteiger charge is -2.00. The van der Waals surface area contributed by atoms with Crippen molar-refractivity contribution < 1.29 is 0 Å². The van der Waals surface area contributed by atoms with E-state index in [1.54, 1.807) is 6.92 Å². The van der Waals surface area contributed by atoms with Crippen molar-refractivity contribution in [3.63, 3.8) is 0 Å². The van der Waals surface area contributed by atoms with Crippen LogP contribution in [0.3, 0.4) is 0 Å². The van der Waals surface area contributed by atoms with Gasteiger partial charge in [0.25, 0.3) is 5.56 Å². The molecule has 0 spiro atoms. The first-order valence-electron chi connectivity index (χ1n) is 5.00. The average Bonchev–Trinajstić information content (AvgIpc) is 2.27. The summed E-state index contributed by atoms with van der Waals surface area (Å²) in [6.07, 6.45) is 0. The van der Waals surface area contributed by atoms with Gasteiger partial charge in [0.2, 0.25) is 0 Å². The van der Waals surface area contributed by atoms with E-state index in [2.05, 4.69) is 15.0 Å². The molecule has 0 aliphatic rings. The lowest BCUT2D eigenvalue weighted by molar-refractivity contribution is 1.05. The molecule has 4 heteroatoms. The van der Waals surface area contributed by atoms with E-state index in [0.717, 1.165) is 10.9 Å². The minimum absolute atomic E-state index is 0.138. The SMILES string of the molecule is Cc1nc2nc3ccccc3cc2c(=O)[nH]1. The summed E-state index contributed by atoms with van der Waals surface area (Å²) >= 11 is 0. The summed E-state index contributed by atoms with van der Waals surface area (Å²) in [5.74, 6) is 0.584. The molecule has 16 heavy (non-hydrogen) atoms. The predicted octanol–water partition coefficient (Wildman–Crippen LogP) is 1.78. The first-order valence-corrected chi connectivity index (χ1v) is 5.00. The largest absolute Gasteiger partial charge is 0.310 e. The van der Waals surface area contributed by atoms with Crippen LogP contribution in [-0.2, 0) is 0 Å².